The number of nitrogens with one attached hydrogen (secondary N) is 1. The molecule has 0 bridgehead atoms. The van der Waals surface area contributed by atoms with Gasteiger partial charge in [-0.25, -0.2) is 8.78 Å². The third-order valence-electron chi connectivity index (χ3n) is 14.9. The van der Waals surface area contributed by atoms with Gasteiger partial charge in [0.15, 0.2) is 11.6 Å². The van der Waals surface area contributed by atoms with Crippen molar-refractivity contribution in [2.45, 2.75) is 132 Å². The molecule has 3 aromatic rings. The topological polar surface area (TPSA) is 133 Å². The fourth-order valence-corrected chi connectivity index (χ4v) is 11.4. The highest BCUT2D eigenvalue weighted by atomic mass is 19.1. The molecule has 2 aromatic carbocycles. The Morgan fingerprint density at radius 1 is 1.18 bits per heavy atom. The molecule has 3 aliphatic heterocycles. The number of aromatic nitrogens is 2. The zero-order valence-corrected chi connectivity index (χ0v) is 36.6. The van der Waals surface area contributed by atoms with E-state index in [1.807, 2.05) is 0 Å². The maximum absolute atomic E-state index is 15.9. The highest BCUT2D eigenvalue weighted by Crippen LogP contribution is 2.46. The van der Waals surface area contributed by atoms with Crippen LogP contribution in [0.1, 0.15) is 101 Å². The molecule has 3 N–H and O–H groups in total. The molecule has 4 atom stereocenters. The number of amides is 1. The van der Waals surface area contributed by atoms with Crippen LogP contribution in [0.15, 0.2) is 36.9 Å². The number of rotatable bonds is 12. The predicted octanol–water partition coefficient (Wildman–Crippen LogP) is 6.51. The first-order valence-corrected chi connectivity index (χ1v) is 22.4. The van der Waals surface area contributed by atoms with E-state index in [9.17, 15) is 15.0 Å². The van der Waals surface area contributed by atoms with Gasteiger partial charge in [0.05, 0.1) is 47.8 Å². The normalized spacial score (nSPS) is 27.9. The van der Waals surface area contributed by atoms with E-state index in [0.29, 0.717) is 58.6 Å². The molecular weight excluding hydrogens is 795 g/mol. The monoisotopic (exact) mass is 856 g/mol. The summed E-state index contributed by atoms with van der Waals surface area (Å²) < 4.78 is 49.8. The van der Waals surface area contributed by atoms with E-state index in [4.69, 9.17) is 30.6 Å². The van der Waals surface area contributed by atoms with Crippen LogP contribution in [-0.2, 0) is 16.0 Å². The van der Waals surface area contributed by atoms with E-state index in [1.54, 1.807) is 44.0 Å². The summed E-state index contributed by atoms with van der Waals surface area (Å²) in [5.41, 5.74) is -1.70. The van der Waals surface area contributed by atoms with Gasteiger partial charge in [-0.1, -0.05) is 31.4 Å². The molecule has 4 heterocycles. The summed E-state index contributed by atoms with van der Waals surface area (Å²) in [7, 11) is 1.80. The predicted molar refractivity (Wildman–Crippen MR) is 234 cm³/mol. The van der Waals surface area contributed by atoms with Crippen molar-refractivity contribution in [1.29, 1.82) is 0 Å². The summed E-state index contributed by atoms with van der Waals surface area (Å²) >= 11 is 0. The van der Waals surface area contributed by atoms with Gasteiger partial charge in [0.1, 0.15) is 24.3 Å². The number of aromatic hydroxyl groups is 1. The van der Waals surface area contributed by atoms with Gasteiger partial charge in [-0.3, -0.25) is 14.6 Å². The van der Waals surface area contributed by atoms with Crippen molar-refractivity contribution in [1.82, 2.24) is 24.7 Å². The zero-order chi connectivity index (χ0) is 44.0. The number of carbonyl (C=O) groups is 1. The number of halogens is 2. The fraction of sp³-hybridized carbons (Fsp3) is 0.604. The van der Waals surface area contributed by atoms with Crippen LogP contribution in [0.3, 0.4) is 0 Å². The number of terminal acetylenes is 1. The Labute approximate surface area is 364 Å². The van der Waals surface area contributed by atoms with Gasteiger partial charge < -0.3 is 34.6 Å². The van der Waals surface area contributed by atoms with Crippen LogP contribution in [-0.4, -0.2) is 135 Å². The third kappa shape index (κ3) is 8.22. The summed E-state index contributed by atoms with van der Waals surface area (Å²) in [6.07, 6.45) is 13.6. The Bertz CT molecular complexity index is 2200. The molecule has 8 rings (SSSR count). The molecule has 1 amide bonds. The van der Waals surface area contributed by atoms with Gasteiger partial charge in [-0.2, -0.15) is 9.97 Å². The molecule has 1 aromatic heterocycles. The third-order valence-corrected chi connectivity index (χ3v) is 14.9. The molecule has 12 nitrogen and oxygen atoms in total. The van der Waals surface area contributed by atoms with E-state index in [0.717, 1.165) is 71.1 Å². The number of likely N-dealkylation sites (tertiary alicyclic amines) is 1. The van der Waals surface area contributed by atoms with Crippen LogP contribution in [0, 0.1) is 18.2 Å². The molecule has 0 spiro atoms. The number of phenols is 1. The number of anilines is 1. The van der Waals surface area contributed by atoms with Crippen molar-refractivity contribution >= 4 is 22.5 Å². The van der Waals surface area contributed by atoms with Crippen LogP contribution in [0.2, 0.25) is 0 Å². The van der Waals surface area contributed by atoms with Gasteiger partial charge in [0.25, 0.3) is 0 Å². The number of benzene rings is 2. The summed E-state index contributed by atoms with van der Waals surface area (Å²) in [6, 6.07) is 6.93. The lowest BCUT2D eigenvalue weighted by Gasteiger charge is -2.51. The first-order valence-electron chi connectivity index (χ1n) is 22.4. The van der Waals surface area contributed by atoms with E-state index < -0.39 is 34.6 Å². The van der Waals surface area contributed by atoms with Crippen molar-refractivity contribution in [3.05, 3.63) is 59.6 Å². The van der Waals surface area contributed by atoms with Gasteiger partial charge in [0, 0.05) is 69.0 Å². The van der Waals surface area contributed by atoms with Gasteiger partial charge >= 0.3 is 6.01 Å². The van der Waals surface area contributed by atoms with Crippen LogP contribution >= 0.6 is 0 Å². The minimum absolute atomic E-state index is 0.00957. The second-order valence-corrected chi connectivity index (χ2v) is 18.9. The summed E-state index contributed by atoms with van der Waals surface area (Å²) in [6.45, 7) is 12.4. The number of carbonyl (C=O) groups excluding carboxylic acids is 1. The lowest BCUT2D eigenvalue weighted by Crippen LogP contribution is -2.65. The van der Waals surface area contributed by atoms with Gasteiger partial charge in [-0.05, 0) is 94.5 Å². The quantitative estimate of drug-likeness (QED) is 0.136. The number of nitrogens with zero attached hydrogens (tertiary/aromatic N) is 5. The van der Waals surface area contributed by atoms with Gasteiger partial charge in [0.2, 0.25) is 5.91 Å². The highest BCUT2D eigenvalue weighted by molar-refractivity contribution is 5.93. The Morgan fingerprint density at radius 3 is 2.61 bits per heavy atom. The SMILES string of the molecule is C#Cc1c(F)ccc2cc(O)cc([C@H]3COc4c(nc(OC[C@]5(C(C)(C)O)C[C@@H](F)CN5C5CCC(N6CCOC[C@@H]6C)CC5)nc4NCC4(N(C)C(=O)C=C)CCCC4)C3)c12. The molecule has 5 aliphatic rings. The zero-order valence-electron chi connectivity index (χ0n) is 36.6. The minimum Gasteiger partial charge on any atom is -0.508 e. The van der Waals surface area contributed by atoms with Crippen LogP contribution in [0.5, 0.6) is 17.5 Å². The Morgan fingerprint density at radius 2 is 1.92 bits per heavy atom. The number of alkyl halides is 1. The lowest BCUT2D eigenvalue weighted by atomic mass is 9.78. The first-order chi connectivity index (χ1) is 29.7. The molecule has 62 heavy (non-hydrogen) atoms. The largest absolute Gasteiger partial charge is 0.508 e. The summed E-state index contributed by atoms with van der Waals surface area (Å²) in [5.74, 6) is 2.21. The van der Waals surface area contributed by atoms with Crippen molar-refractivity contribution in [2.75, 3.05) is 58.4 Å². The van der Waals surface area contributed by atoms with Crippen LogP contribution in [0.25, 0.3) is 10.8 Å². The number of hydrogen-bond donors (Lipinski definition) is 3. The smallest absolute Gasteiger partial charge is 0.318 e. The molecule has 2 saturated carbocycles. The van der Waals surface area contributed by atoms with Crippen molar-refractivity contribution in [2.24, 2.45) is 0 Å². The standard InChI is InChI=1S/C48H62F2N6O6/c1-7-37-39(50)16-11-31-21-36(57)23-38(42(31)37)32-22-40-43(61-27-32)44(51-28-47(17-9-10-18-47)54(6)41(58)8-2)53-45(52-40)62-29-48(46(4,5)59)24-33(49)25-56(48)35-14-12-34(13-15-35)55-19-20-60-26-30(55)3/h1,8,11,16,21,23,30,32-35,57,59H,2,9-10,12-15,17-20,22,24-29H2,3-6H3,(H,51,52,53)/t30-,32+,33+,34?,35?,48-/m0/s1. The summed E-state index contributed by atoms with van der Waals surface area (Å²) in [4.78, 5) is 29.2. The van der Waals surface area contributed by atoms with E-state index in [1.165, 1.54) is 12.1 Å². The van der Waals surface area contributed by atoms with Gasteiger partial charge in [-0.15, -0.1) is 6.42 Å². The molecule has 2 saturated heterocycles. The van der Waals surface area contributed by atoms with E-state index >= 15 is 8.78 Å². The Kier molecular flexibility index (Phi) is 12.5. The fourth-order valence-electron chi connectivity index (χ4n) is 11.4. The Balaban J connectivity index is 1.12. The molecule has 334 valence electrons. The lowest BCUT2D eigenvalue weighted by molar-refractivity contribution is -0.129. The maximum Gasteiger partial charge on any atom is 0.318 e. The molecular formula is C48H62F2N6O6. The molecule has 0 radical (unpaired) electrons. The van der Waals surface area contributed by atoms with Crippen LogP contribution < -0.4 is 14.8 Å². The van der Waals surface area contributed by atoms with E-state index in [2.05, 4.69) is 34.5 Å². The molecule has 14 heteroatoms. The number of aliphatic hydroxyl groups is 1. The number of ether oxygens (including phenoxy) is 3. The second-order valence-electron chi connectivity index (χ2n) is 18.9. The maximum atomic E-state index is 15.9. The number of likely N-dealkylation sites (N-methyl/N-ethyl adjacent to an activating group) is 1. The average Bonchev–Trinajstić information content (AvgIpc) is 3.89. The summed E-state index contributed by atoms with van der Waals surface area (Å²) in [5, 5.41) is 27.4. The molecule has 0 unspecified atom stereocenters. The highest BCUT2D eigenvalue weighted by Gasteiger charge is 2.58. The molecule has 2 aliphatic carbocycles. The van der Waals surface area contributed by atoms with Crippen molar-refractivity contribution in [3.8, 4) is 29.9 Å². The number of phenolic OH excluding ortho intramolecular Hbond substituents is 1. The second kappa shape index (κ2) is 17.5. The molecule has 4 fully saturated rings. The van der Waals surface area contributed by atoms with Crippen molar-refractivity contribution in [3.63, 3.8) is 0 Å². The Hall–Kier alpha value is -4.55. The number of morpholine rings is 1. The van der Waals surface area contributed by atoms with Crippen LogP contribution in [0.4, 0.5) is 14.6 Å². The number of fused-ring (bicyclic) bond motifs is 2. The van der Waals surface area contributed by atoms with Crippen molar-refractivity contribution < 1.29 is 38.0 Å². The average molecular weight is 857 g/mol. The minimum atomic E-state index is -1.36. The first kappa shape index (κ1) is 44.1. The van der Waals surface area contributed by atoms with E-state index in [-0.39, 0.29) is 55.5 Å². The number of hydrogen-bond acceptors (Lipinski definition) is 11.